The number of aliphatic imine (C=N–C) groups is 8. The molecule has 0 saturated heterocycles. The number of hydrogen-bond donors (Lipinski definition) is 0. The van der Waals surface area contributed by atoms with Crippen LogP contribution in [-0.2, 0) is 0 Å². The van der Waals surface area contributed by atoms with Gasteiger partial charge in [0.1, 0.15) is 43.8 Å². The first-order valence-electron chi connectivity index (χ1n) is 16.3. The van der Waals surface area contributed by atoms with Gasteiger partial charge in [-0.2, -0.15) is 0 Å². The zero-order chi connectivity index (χ0) is 33.6. The second-order valence-corrected chi connectivity index (χ2v) is 23.8. The molecule has 16 bridgehead atoms. The van der Waals surface area contributed by atoms with Crippen molar-refractivity contribution in [2.24, 2.45) is 39.9 Å². The Morgan fingerprint density at radius 1 is 0.333 bits per heavy atom. The van der Waals surface area contributed by atoms with Crippen LogP contribution in [0.15, 0.2) is 39.9 Å². The van der Waals surface area contributed by atoms with Gasteiger partial charge in [-0.25, -0.2) is 0 Å². The third kappa shape index (κ3) is 5.08. The van der Waals surface area contributed by atoms with E-state index in [2.05, 4.69) is 55.4 Å². The molecule has 0 amide bonds. The van der Waals surface area contributed by atoms with Crippen molar-refractivity contribution in [2.45, 2.75) is 99.0 Å². The predicted molar refractivity (Wildman–Crippen MR) is 226 cm³/mol. The average Bonchev–Trinajstić information content (AvgIpc) is 3.85. The minimum atomic E-state index is -0.394. The molecule has 0 saturated carbocycles. The van der Waals surface area contributed by atoms with Crippen molar-refractivity contribution in [3.63, 3.8) is 0 Å². The largest absolute Gasteiger partial charge is 0.267 e. The summed E-state index contributed by atoms with van der Waals surface area (Å²) in [5.74, 6) is 7.14. The molecule has 9 aliphatic heterocycles. The van der Waals surface area contributed by atoms with Gasteiger partial charge in [-0.05, 0) is 55.4 Å². The van der Waals surface area contributed by atoms with Crippen LogP contribution in [0.4, 0.5) is 0 Å². The molecule has 0 aromatic heterocycles. The molecule has 256 valence electrons. The van der Waals surface area contributed by atoms with Crippen molar-refractivity contribution < 1.29 is 0 Å². The molecule has 0 radical (unpaired) electrons. The van der Waals surface area contributed by atoms with Gasteiger partial charge in [0.25, 0.3) is 0 Å². The highest BCUT2D eigenvalue weighted by atomic mass is 32.2. The fraction of sp³-hybridized carbons (Fsp3) is 0.750. The van der Waals surface area contributed by atoms with Crippen LogP contribution in [0.5, 0.6) is 0 Å². The third-order valence-electron chi connectivity index (χ3n) is 10.5. The lowest BCUT2D eigenvalue weighted by Crippen LogP contribution is -2.36. The molecule has 0 aromatic rings. The Kier molecular flexibility index (Phi) is 7.69. The Balaban J connectivity index is 1.15. The molecule has 0 N–H and O–H groups in total. The number of fused-ring (bicyclic) bond motifs is 16. The van der Waals surface area contributed by atoms with Gasteiger partial charge in [0.15, 0.2) is 4.87 Å². The zero-order valence-electron chi connectivity index (χ0n) is 28.5. The predicted octanol–water partition coefficient (Wildman–Crippen LogP) is 7.23. The quantitative estimate of drug-likeness (QED) is 0.237. The first kappa shape index (κ1) is 34.0. The van der Waals surface area contributed by atoms with Crippen LogP contribution in [0, 0.1) is 0 Å². The highest BCUT2D eigenvalue weighted by Gasteiger charge is 2.55. The van der Waals surface area contributed by atoms with Crippen LogP contribution < -0.4 is 0 Å². The zero-order valence-corrected chi connectivity index (χ0v) is 35.0. The first-order valence-corrected chi connectivity index (χ1v) is 24.2. The Bertz CT molecular complexity index is 1420. The number of hydrogen-bond acceptors (Lipinski definition) is 16. The summed E-state index contributed by atoms with van der Waals surface area (Å²) in [5, 5.41) is 7.91. The van der Waals surface area contributed by atoms with Crippen LogP contribution in [0.3, 0.4) is 0 Å². The highest BCUT2D eigenvalue weighted by molar-refractivity contribution is 8.19. The van der Waals surface area contributed by atoms with Crippen LogP contribution in [0.25, 0.3) is 0 Å². The lowest BCUT2D eigenvalue weighted by molar-refractivity contribution is 0.665. The van der Waals surface area contributed by atoms with Gasteiger partial charge in [-0.3, -0.25) is 39.9 Å². The molecule has 9 aliphatic rings. The van der Waals surface area contributed by atoms with E-state index in [1.54, 1.807) is 0 Å². The monoisotopic (exact) mass is 792 g/mol. The van der Waals surface area contributed by atoms with Crippen molar-refractivity contribution in [2.75, 3.05) is 46.0 Å². The summed E-state index contributed by atoms with van der Waals surface area (Å²) >= 11 is 15.0. The minimum absolute atomic E-state index is 0.331. The summed E-state index contributed by atoms with van der Waals surface area (Å²) in [4.78, 5) is 43.1. The van der Waals surface area contributed by atoms with Gasteiger partial charge in [0.2, 0.25) is 0 Å². The fourth-order valence-corrected chi connectivity index (χ4v) is 18.2. The van der Waals surface area contributed by atoms with E-state index in [0.29, 0.717) is 0 Å². The maximum absolute atomic E-state index is 5.45. The highest BCUT2D eigenvalue weighted by Crippen LogP contribution is 2.52. The molecule has 48 heavy (non-hydrogen) atoms. The van der Waals surface area contributed by atoms with Gasteiger partial charge in [-0.15, -0.1) is 94.1 Å². The fourth-order valence-electron chi connectivity index (χ4n) is 7.10. The smallest absolute Gasteiger partial charge is 0.151 e. The maximum Gasteiger partial charge on any atom is 0.151 e. The third-order valence-corrected chi connectivity index (χ3v) is 22.4. The van der Waals surface area contributed by atoms with Crippen molar-refractivity contribution in [1.82, 2.24) is 0 Å². The van der Waals surface area contributed by atoms with E-state index >= 15 is 0 Å². The van der Waals surface area contributed by atoms with E-state index in [-0.39, 0.29) is 38.8 Å². The SMILES string of the molecule is C[C@]12N=C(CS1)[C@]1(C)CSC(=N1)[C@]1(C)CSC(=N1)[C@]1(C)CSC(=N1)[C@]1(C)CSC(=N1)[C@]1(C)CSC(=N1)[C@]1(C)CSC(=N1)[C@]1(C)CSC2=N1. The maximum atomic E-state index is 5.45. The molecule has 0 unspecified atom stereocenters. The van der Waals surface area contributed by atoms with Gasteiger partial charge >= 0.3 is 0 Å². The Morgan fingerprint density at radius 2 is 0.583 bits per heavy atom. The molecule has 8 atom stereocenters. The van der Waals surface area contributed by atoms with Crippen molar-refractivity contribution in [3.8, 4) is 0 Å². The summed E-state index contributed by atoms with van der Waals surface area (Å²) in [7, 11) is 0. The molecule has 16 heteroatoms. The topological polar surface area (TPSA) is 98.9 Å². The molecule has 9 rings (SSSR count). The molecular formula is C32H40N8S8. The molecule has 8 nitrogen and oxygen atoms in total. The number of rotatable bonds is 0. The van der Waals surface area contributed by atoms with Crippen LogP contribution >= 0.6 is 94.1 Å². The number of nitrogens with zero attached hydrogens (tertiary/aromatic N) is 8. The van der Waals surface area contributed by atoms with Crippen molar-refractivity contribution in [1.29, 1.82) is 0 Å². The summed E-state index contributed by atoms with van der Waals surface area (Å²) in [6.07, 6.45) is 0. The Hall–Kier alpha value is 0.160. The molecule has 0 spiro atoms. The van der Waals surface area contributed by atoms with Crippen LogP contribution in [-0.4, -0.2) is 131 Å². The summed E-state index contributed by atoms with van der Waals surface area (Å²) in [5.41, 5.74) is -1.24. The summed E-state index contributed by atoms with van der Waals surface area (Å²) in [6, 6.07) is 0. The van der Waals surface area contributed by atoms with E-state index in [1.807, 2.05) is 94.1 Å². The van der Waals surface area contributed by atoms with E-state index in [1.165, 1.54) is 5.71 Å². The van der Waals surface area contributed by atoms with Crippen LogP contribution in [0.1, 0.15) is 55.4 Å². The average molecular weight is 793 g/mol. The van der Waals surface area contributed by atoms with Gasteiger partial charge < -0.3 is 0 Å². The van der Waals surface area contributed by atoms with Crippen LogP contribution in [0.2, 0.25) is 0 Å². The second-order valence-electron chi connectivity index (χ2n) is 15.7. The van der Waals surface area contributed by atoms with E-state index in [0.717, 1.165) is 81.3 Å². The second kappa shape index (κ2) is 10.9. The van der Waals surface area contributed by atoms with E-state index < -0.39 is 4.87 Å². The lowest BCUT2D eigenvalue weighted by Gasteiger charge is -2.23. The normalized spacial score (nSPS) is 49.2. The minimum Gasteiger partial charge on any atom is -0.267 e. The first-order chi connectivity index (χ1) is 22.5. The molecule has 0 fully saturated rings. The van der Waals surface area contributed by atoms with Crippen molar-refractivity contribution >= 4 is 135 Å². The number of thioether (sulfide) groups is 8. The Morgan fingerprint density at radius 3 is 0.917 bits per heavy atom. The summed E-state index contributed by atoms with van der Waals surface area (Å²) in [6.45, 7) is 18.1. The van der Waals surface area contributed by atoms with E-state index in [4.69, 9.17) is 39.9 Å². The van der Waals surface area contributed by atoms with Gasteiger partial charge in [0, 0.05) is 46.0 Å². The van der Waals surface area contributed by atoms with Gasteiger partial charge in [-0.1, -0.05) is 0 Å². The van der Waals surface area contributed by atoms with Gasteiger partial charge in [0.05, 0.1) is 36.0 Å². The molecular weight excluding hydrogens is 753 g/mol. The molecule has 0 aromatic carbocycles. The Labute approximate surface area is 317 Å². The standard InChI is InChI=1S/C32H40N8S8/c1-25-10-41-18(34-25)26(2)11-42-19(35-26)27(3)12-43-20(36-27)28(4)13-44-21(37-28)29(5)14-45-22(38-29)30(6)15-46-23(39-30)31(7)16-47-24(40-31)32(8)33-17(25)9-48-32/h9-16H2,1-8H3/t25-,26-,27-,28-,29-,30-,31-,32-/m0/s1. The molecule has 0 aliphatic carbocycles. The molecule has 9 heterocycles. The van der Waals surface area contributed by atoms with Crippen molar-refractivity contribution in [3.05, 3.63) is 0 Å². The summed E-state index contributed by atoms with van der Waals surface area (Å²) < 4.78 is 0. The lowest BCUT2D eigenvalue weighted by atomic mass is 9.98. The van der Waals surface area contributed by atoms with E-state index in [9.17, 15) is 0 Å².